The number of amides is 1. The highest BCUT2D eigenvalue weighted by Gasteiger charge is 2.29. The molecule has 1 unspecified atom stereocenters. The van der Waals surface area contributed by atoms with Gasteiger partial charge in [0.2, 0.25) is 0 Å². The molecule has 2 atom stereocenters. The third-order valence-corrected chi connectivity index (χ3v) is 5.00. The molecule has 1 amide bonds. The molecule has 0 bridgehead atoms. The molecule has 2 N–H and O–H groups in total. The number of nitrogens with zero attached hydrogens (tertiary/aromatic N) is 4. The predicted molar refractivity (Wildman–Crippen MR) is 113 cm³/mol. The van der Waals surface area contributed by atoms with Gasteiger partial charge in [-0.05, 0) is 53.4 Å². The number of ether oxygens (including phenoxy) is 2. The van der Waals surface area contributed by atoms with E-state index >= 15 is 0 Å². The lowest BCUT2D eigenvalue weighted by Gasteiger charge is -2.27. The highest BCUT2D eigenvalue weighted by atomic mass is 16.6. The van der Waals surface area contributed by atoms with Crippen molar-refractivity contribution in [1.29, 1.82) is 0 Å². The standard InChI is InChI=1S/C21H29N5O5/c1-12-16(30-14-8-6-7-13(9-14)19(27)28)11-22-17(24-12)15-10-23-26(5)18(15)25-20(29)31-21(2,3)4/h10-11,13-14H,6-9H2,1-5H3,(H,25,29)(H,27,28)/t13-,14?/m0/s1. The lowest BCUT2D eigenvalue weighted by Crippen LogP contribution is -2.29. The van der Waals surface area contributed by atoms with Crippen molar-refractivity contribution >= 4 is 17.9 Å². The van der Waals surface area contributed by atoms with E-state index in [0.29, 0.717) is 41.5 Å². The van der Waals surface area contributed by atoms with Crippen molar-refractivity contribution in [1.82, 2.24) is 19.7 Å². The number of aromatic nitrogens is 4. The van der Waals surface area contributed by atoms with Crippen LogP contribution in [-0.4, -0.2) is 48.6 Å². The summed E-state index contributed by atoms with van der Waals surface area (Å²) in [5.74, 6) is 0.162. The van der Waals surface area contributed by atoms with Crippen LogP contribution in [0, 0.1) is 12.8 Å². The fraction of sp³-hybridized carbons (Fsp3) is 0.571. The first-order chi connectivity index (χ1) is 14.5. The molecule has 1 saturated carbocycles. The Hall–Kier alpha value is -3.17. The number of aliphatic carboxylic acids is 1. The molecule has 3 rings (SSSR count). The van der Waals surface area contributed by atoms with Crippen molar-refractivity contribution in [2.75, 3.05) is 5.32 Å². The van der Waals surface area contributed by atoms with Gasteiger partial charge in [-0.1, -0.05) is 0 Å². The summed E-state index contributed by atoms with van der Waals surface area (Å²) in [6.07, 6.45) is 5.14. The van der Waals surface area contributed by atoms with Crippen molar-refractivity contribution in [3.63, 3.8) is 0 Å². The number of carboxylic acid groups (broad SMARTS) is 1. The van der Waals surface area contributed by atoms with Crippen LogP contribution in [0.25, 0.3) is 11.4 Å². The Balaban J connectivity index is 1.76. The fourth-order valence-electron chi connectivity index (χ4n) is 3.51. The summed E-state index contributed by atoms with van der Waals surface area (Å²) in [5, 5.41) is 16.2. The van der Waals surface area contributed by atoms with Crippen LogP contribution in [-0.2, 0) is 16.6 Å². The molecular formula is C21H29N5O5. The summed E-state index contributed by atoms with van der Waals surface area (Å²) in [7, 11) is 1.70. The molecule has 0 saturated heterocycles. The minimum Gasteiger partial charge on any atom is -0.487 e. The van der Waals surface area contributed by atoms with E-state index in [9.17, 15) is 14.7 Å². The average molecular weight is 431 g/mol. The Kier molecular flexibility index (Phi) is 6.47. The van der Waals surface area contributed by atoms with E-state index in [1.165, 1.54) is 4.68 Å². The summed E-state index contributed by atoms with van der Waals surface area (Å²) in [4.78, 5) is 32.4. The van der Waals surface area contributed by atoms with Crippen molar-refractivity contribution in [2.24, 2.45) is 13.0 Å². The van der Waals surface area contributed by atoms with Gasteiger partial charge in [-0.3, -0.25) is 14.8 Å². The molecule has 2 aromatic rings. The second-order valence-corrected chi connectivity index (χ2v) is 8.74. The van der Waals surface area contributed by atoms with Gasteiger partial charge < -0.3 is 14.6 Å². The molecule has 0 radical (unpaired) electrons. The molecule has 1 fully saturated rings. The van der Waals surface area contributed by atoms with Crippen LogP contribution in [0.2, 0.25) is 0 Å². The monoisotopic (exact) mass is 431 g/mol. The van der Waals surface area contributed by atoms with E-state index in [0.717, 1.165) is 12.8 Å². The highest BCUT2D eigenvalue weighted by Crippen LogP contribution is 2.31. The number of carbonyl (C=O) groups excluding carboxylic acids is 1. The number of carboxylic acids is 1. The van der Waals surface area contributed by atoms with E-state index in [4.69, 9.17) is 9.47 Å². The zero-order chi connectivity index (χ0) is 22.8. The van der Waals surface area contributed by atoms with Crippen LogP contribution in [0.15, 0.2) is 12.4 Å². The lowest BCUT2D eigenvalue weighted by atomic mass is 9.87. The molecule has 0 aliphatic heterocycles. The van der Waals surface area contributed by atoms with Gasteiger partial charge in [-0.2, -0.15) is 5.10 Å². The number of hydrogen-bond donors (Lipinski definition) is 2. The second kappa shape index (κ2) is 8.91. The molecule has 0 aromatic carbocycles. The molecular weight excluding hydrogens is 402 g/mol. The van der Waals surface area contributed by atoms with Crippen LogP contribution >= 0.6 is 0 Å². The van der Waals surface area contributed by atoms with E-state index in [1.807, 2.05) is 0 Å². The zero-order valence-electron chi connectivity index (χ0n) is 18.5. The number of hydrogen-bond acceptors (Lipinski definition) is 7. The predicted octanol–water partition coefficient (Wildman–Crippen LogP) is 3.55. The van der Waals surface area contributed by atoms with E-state index in [2.05, 4.69) is 20.4 Å². The Labute approximate surface area is 181 Å². The summed E-state index contributed by atoms with van der Waals surface area (Å²) < 4.78 is 12.8. The Bertz CT molecular complexity index is 966. The summed E-state index contributed by atoms with van der Waals surface area (Å²) in [5.41, 5.74) is 0.536. The molecule has 31 heavy (non-hydrogen) atoms. The first-order valence-corrected chi connectivity index (χ1v) is 10.3. The van der Waals surface area contributed by atoms with Crippen LogP contribution < -0.4 is 10.1 Å². The van der Waals surface area contributed by atoms with Gasteiger partial charge >= 0.3 is 12.1 Å². The topological polar surface area (TPSA) is 128 Å². The smallest absolute Gasteiger partial charge is 0.413 e. The second-order valence-electron chi connectivity index (χ2n) is 8.74. The SMILES string of the molecule is Cc1nc(-c2cnn(C)c2NC(=O)OC(C)(C)C)ncc1OC1CCC[C@H](C(=O)O)C1. The van der Waals surface area contributed by atoms with Crippen molar-refractivity contribution in [3.8, 4) is 17.1 Å². The van der Waals surface area contributed by atoms with Crippen LogP contribution in [0.4, 0.5) is 10.6 Å². The van der Waals surface area contributed by atoms with Gasteiger partial charge in [0.15, 0.2) is 11.6 Å². The van der Waals surface area contributed by atoms with E-state index < -0.39 is 17.7 Å². The van der Waals surface area contributed by atoms with E-state index in [1.54, 1.807) is 47.1 Å². The first-order valence-electron chi connectivity index (χ1n) is 10.3. The minimum absolute atomic E-state index is 0.175. The summed E-state index contributed by atoms with van der Waals surface area (Å²) in [6, 6.07) is 0. The maximum atomic E-state index is 12.2. The van der Waals surface area contributed by atoms with Gasteiger partial charge in [-0.25, -0.2) is 14.8 Å². The highest BCUT2D eigenvalue weighted by molar-refractivity contribution is 5.88. The van der Waals surface area contributed by atoms with Crippen molar-refractivity contribution in [2.45, 2.75) is 65.1 Å². The van der Waals surface area contributed by atoms with Gasteiger partial charge in [0.05, 0.1) is 35.7 Å². The Morgan fingerprint density at radius 1 is 1.26 bits per heavy atom. The lowest BCUT2D eigenvalue weighted by molar-refractivity contribution is -0.143. The van der Waals surface area contributed by atoms with Gasteiger partial charge in [-0.15, -0.1) is 0 Å². The maximum absolute atomic E-state index is 12.2. The van der Waals surface area contributed by atoms with Crippen molar-refractivity contribution < 1.29 is 24.2 Å². The third kappa shape index (κ3) is 5.71. The molecule has 168 valence electrons. The quantitative estimate of drug-likeness (QED) is 0.735. The number of nitrogens with one attached hydrogen (secondary N) is 1. The molecule has 10 heteroatoms. The Morgan fingerprint density at radius 3 is 2.65 bits per heavy atom. The molecule has 1 aliphatic rings. The molecule has 2 heterocycles. The average Bonchev–Trinajstić information content (AvgIpc) is 3.02. The molecule has 10 nitrogen and oxygen atoms in total. The van der Waals surface area contributed by atoms with Gasteiger partial charge in [0, 0.05) is 7.05 Å². The van der Waals surface area contributed by atoms with Gasteiger partial charge in [0.1, 0.15) is 11.4 Å². The summed E-state index contributed by atoms with van der Waals surface area (Å²) >= 11 is 0. The van der Waals surface area contributed by atoms with E-state index in [-0.39, 0.29) is 12.0 Å². The van der Waals surface area contributed by atoms with Crippen LogP contribution in [0.5, 0.6) is 5.75 Å². The largest absolute Gasteiger partial charge is 0.487 e. The maximum Gasteiger partial charge on any atom is 0.413 e. The Morgan fingerprint density at radius 2 is 2.00 bits per heavy atom. The minimum atomic E-state index is -0.779. The number of rotatable bonds is 5. The van der Waals surface area contributed by atoms with Crippen LogP contribution in [0.3, 0.4) is 0 Å². The zero-order valence-corrected chi connectivity index (χ0v) is 18.5. The summed E-state index contributed by atoms with van der Waals surface area (Å²) in [6.45, 7) is 7.15. The normalized spacial score (nSPS) is 19.0. The number of aryl methyl sites for hydroxylation is 2. The molecule has 0 spiro atoms. The third-order valence-electron chi connectivity index (χ3n) is 5.00. The fourth-order valence-corrected chi connectivity index (χ4v) is 3.51. The number of anilines is 1. The van der Waals surface area contributed by atoms with Gasteiger partial charge in [0.25, 0.3) is 0 Å². The molecule has 1 aliphatic carbocycles. The molecule has 2 aromatic heterocycles. The van der Waals surface area contributed by atoms with Crippen molar-refractivity contribution in [3.05, 3.63) is 18.1 Å². The number of carbonyl (C=O) groups is 2. The first kappa shape index (κ1) is 22.5. The van der Waals surface area contributed by atoms with Crippen LogP contribution in [0.1, 0.15) is 52.1 Å².